The number of aromatic nitrogens is 1. The molecule has 0 aliphatic carbocycles. The molecule has 0 aliphatic rings. The molecule has 5 heteroatoms. The molecule has 0 radical (unpaired) electrons. The van der Waals surface area contributed by atoms with Gasteiger partial charge in [-0.25, -0.2) is 4.39 Å². The summed E-state index contributed by atoms with van der Waals surface area (Å²) in [6.45, 7) is 0.605. The van der Waals surface area contributed by atoms with Crippen LogP contribution in [0.5, 0.6) is 0 Å². The van der Waals surface area contributed by atoms with Crippen molar-refractivity contribution in [3.63, 3.8) is 0 Å². The minimum atomic E-state index is -0.276. The number of nitrogens with zero attached hydrogens (tertiary/aromatic N) is 1. The lowest BCUT2D eigenvalue weighted by Gasteiger charge is -2.07. The molecule has 0 saturated carbocycles. The van der Waals surface area contributed by atoms with Gasteiger partial charge in [-0.15, -0.1) is 0 Å². The third-order valence-electron chi connectivity index (χ3n) is 2.18. The number of pyridine rings is 1. The lowest BCUT2D eigenvalue weighted by atomic mass is 10.2. The molecule has 0 atom stereocenters. The molecule has 1 aromatic heterocycles. The van der Waals surface area contributed by atoms with Crippen molar-refractivity contribution in [1.29, 1.82) is 0 Å². The molecule has 0 aliphatic heterocycles. The number of nitrogens with one attached hydrogen (secondary N) is 1. The molecule has 0 spiro atoms. The summed E-state index contributed by atoms with van der Waals surface area (Å²) in [4.78, 5) is 4.06. The van der Waals surface area contributed by atoms with Crippen LogP contribution in [-0.2, 0) is 6.54 Å². The number of rotatable bonds is 3. The molecule has 2 rings (SSSR count). The standard InChI is InChI=1S/C12H9Br2FN2/c13-9-3-8(5-16-7-9)6-17-10-1-2-11(14)12(15)4-10/h1-5,7,17H,6H2. The van der Waals surface area contributed by atoms with Crippen molar-refractivity contribution in [2.24, 2.45) is 0 Å². The highest BCUT2D eigenvalue weighted by molar-refractivity contribution is 9.10. The van der Waals surface area contributed by atoms with Gasteiger partial charge in [0.25, 0.3) is 0 Å². The first kappa shape index (κ1) is 12.5. The maximum Gasteiger partial charge on any atom is 0.139 e. The second-order valence-electron chi connectivity index (χ2n) is 3.49. The van der Waals surface area contributed by atoms with Crippen molar-refractivity contribution in [3.05, 3.63) is 57.0 Å². The molecule has 17 heavy (non-hydrogen) atoms. The van der Waals surface area contributed by atoms with E-state index in [-0.39, 0.29) is 5.82 Å². The number of anilines is 1. The summed E-state index contributed by atoms with van der Waals surface area (Å²) in [5.41, 5.74) is 1.77. The highest BCUT2D eigenvalue weighted by Gasteiger charge is 2.00. The van der Waals surface area contributed by atoms with Gasteiger partial charge in [0, 0.05) is 29.1 Å². The third-order valence-corrected chi connectivity index (χ3v) is 3.25. The van der Waals surface area contributed by atoms with E-state index in [0.717, 1.165) is 15.7 Å². The maximum atomic E-state index is 13.3. The van der Waals surface area contributed by atoms with Gasteiger partial charge in [0.15, 0.2) is 0 Å². The van der Waals surface area contributed by atoms with E-state index in [2.05, 4.69) is 42.2 Å². The van der Waals surface area contributed by atoms with E-state index < -0.39 is 0 Å². The molecule has 2 nitrogen and oxygen atoms in total. The maximum absolute atomic E-state index is 13.3. The zero-order chi connectivity index (χ0) is 12.3. The Bertz CT molecular complexity index is 532. The summed E-state index contributed by atoms with van der Waals surface area (Å²) in [6, 6.07) is 6.92. The Balaban J connectivity index is 2.05. The fraction of sp³-hybridized carbons (Fsp3) is 0.0833. The fourth-order valence-corrected chi connectivity index (χ4v) is 2.02. The summed E-state index contributed by atoms with van der Waals surface area (Å²) in [5.74, 6) is -0.276. The SMILES string of the molecule is Fc1cc(NCc2cncc(Br)c2)ccc1Br. The van der Waals surface area contributed by atoms with Gasteiger partial charge in [-0.05, 0) is 61.7 Å². The second-order valence-corrected chi connectivity index (χ2v) is 5.26. The van der Waals surface area contributed by atoms with Crippen molar-refractivity contribution in [1.82, 2.24) is 4.98 Å². The van der Waals surface area contributed by atoms with Crippen LogP contribution >= 0.6 is 31.9 Å². The van der Waals surface area contributed by atoms with Gasteiger partial charge in [-0.2, -0.15) is 0 Å². The van der Waals surface area contributed by atoms with Crippen LogP contribution in [0.15, 0.2) is 45.6 Å². The van der Waals surface area contributed by atoms with Crippen molar-refractivity contribution in [2.45, 2.75) is 6.54 Å². The van der Waals surface area contributed by atoms with Gasteiger partial charge in [0.1, 0.15) is 5.82 Å². The molecular weight excluding hydrogens is 351 g/mol. The van der Waals surface area contributed by atoms with Crippen LogP contribution in [-0.4, -0.2) is 4.98 Å². The first-order valence-electron chi connectivity index (χ1n) is 4.93. The van der Waals surface area contributed by atoms with Crippen LogP contribution in [0.25, 0.3) is 0 Å². The molecule has 0 fully saturated rings. The van der Waals surface area contributed by atoms with Gasteiger partial charge in [0.05, 0.1) is 4.47 Å². The Kier molecular flexibility index (Phi) is 4.12. The van der Waals surface area contributed by atoms with Crippen molar-refractivity contribution in [2.75, 3.05) is 5.32 Å². The van der Waals surface area contributed by atoms with Crippen LogP contribution < -0.4 is 5.32 Å². The lowest BCUT2D eigenvalue weighted by Crippen LogP contribution is -2.00. The minimum Gasteiger partial charge on any atom is -0.381 e. The van der Waals surface area contributed by atoms with Crippen LogP contribution in [0.1, 0.15) is 5.56 Å². The summed E-state index contributed by atoms with van der Waals surface area (Å²) in [5, 5.41) is 3.13. The van der Waals surface area contributed by atoms with Crippen LogP contribution in [0.4, 0.5) is 10.1 Å². The minimum absolute atomic E-state index is 0.276. The van der Waals surface area contributed by atoms with Crippen LogP contribution in [0, 0.1) is 5.82 Å². The van der Waals surface area contributed by atoms with Gasteiger partial charge < -0.3 is 5.32 Å². The normalized spacial score (nSPS) is 10.3. The van der Waals surface area contributed by atoms with Crippen LogP contribution in [0.3, 0.4) is 0 Å². The number of hydrogen-bond donors (Lipinski definition) is 1. The number of hydrogen-bond acceptors (Lipinski definition) is 2. The zero-order valence-electron chi connectivity index (χ0n) is 8.75. The van der Waals surface area contributed by atoms with Crippen molar-refractivity contribution >= 4 is 37.5 Å². The predicted octanol–water partition coefficient (Wildman–Crippen LogP) is 4.36. The fourth-order valence-electron chi connectivity index (χ4n) is 1.36. The van der Waals surface area contributed by atoms with E-state index in [9.17, 15) is 4.39 Å². The first-order valence-corrected chi connectivity index (χ1v) is 6.52. The predicted molar refractivity (Wildman–Crippen MR) is 73.4 cm³/mol. The molecular formula is C12H9Br2FN2. The van der Waals surface area contributed by atoms with E-state index >= 15 is 0 Å². The molecule has 0 bridgehead atoms. The summed E-state index contributed by atoms with van der Waals surface area (Å²) in [7, 11) is 0. The van der Waals surface area contributed by atoms with E-state index in [1.807, 2.05) is 12.1 Å². The largest absolute Gasteiger partial charge is 0.381 e. The smallest absolute Gasteiger partial charge is 0.139 e. The summed E-state index contributed by atoms with van der Waals surface area (Å²) >= 11 is 6.47. The summed E-state index contributed by atoms with van der Waals surface area (Å²) in [6.07, 6.45) is 3.50. The topological polar surface area (TPSA) is 24.9 Å². The molecule has 88 valence electrons. The second kappa shape index (κ2) is 5.60. The van der Waals surface area contributed by atoms with Gasteiger partial charge in [-0.1, -0.05) is 0 Å². The van der Waals surface area contributed by atoms with Gasteiger partial charge >= 0.3 is 0 Å². The van der Waals surface area contributed by atoms with E-state index in [0.29, 0.717) is 11.0 Å². The third kappa shape index (κ3) is 3.51. The number of halogens is 3. The van der Waals surface area contributed by atoms with E-state index in [4.69, 9.17) is 0 Å². The monoisotopic (exact) mass is 358 g/mol. The first-order chi connectivity index (χ1) is 8.15. The molecule has 0 unspecified atom stereocenters. The molecule has 1 heterocycles. The Labute approximate surface area is 116 Å². The van der Waals surface area contributed by atoms with Crippen molar-refractivity contribution < 1.29 is 4.39 Å². The lowest BCUT2D eigenvalue weighted by molar-refractivity contribution is 0.621. The highest BCUT2D eigenvalue weighted by Crippen LogP contribution is 2.20. The molecule has 0 saturated heterocycles. The number of benzene rings is 1. The van der Waals surface area contributed by atoms with Crippen LogP contribution in [0.2, 0.25) is 0 Å². The average molecular weight is 360 g/mol. The van der Waals surface area contributed by atoms with E-state index in [1.165, 1.54) is 6.07 Å². The molecule has 2 aromatic rings. The summed E-state index contributed by atoms with van der Waals surface area (Å²) < 4.78 is 14.7. The quantitative estimate of drug-likeness (QED) is 0.880. The Hall–Kier alpha value is -0.940. The molecule has 1 N–H and O–H groups in total. The Morgan fingerprint density at radius 3 is 2.71 bits per heavy atom. The Morgan fingerprint density at radius 2 is 2.00 bits per heavy atom. The Morgan fingerprint density at radius 1 is 1.18 bits per heavy atom. The molecule has 1 aromatic carbocycles. The highest BCUT2D eigenvalue weighted by atomic mass is 79.9. The average Bonchev–Trinajstić information content (AvgIpc) is 2.31. The van der Waals surface area contributed by atoms with Gasteiger partial charge in [0.2, 0.25) is 0 Å². The van der Waals surface area contributed by atoms with Crippen molar-refractivity contribution in [3.8, 4) is 0 Å². The zero-order valence-corrected chi connectivity index (χ0v) is 11.9. The van der Waals surface area contributed by atoms with Gasteiger partial charge in [-0.3, -0.25) is 4.98 Å². The molecule has 0 amide bonds. The van der Waals surface area contributed by atoms with E-state index in [1.54, 1.807) is 18.5 Å².